The predicted molar refractivity (Wildman–Crippen MR) is 108 cm³/mol. The molecule has 0 saturated carbocycles. The van der Waals surface area contributed by atoms with E-state index in [1.165, 1.54) is 4.31 Å². The molecule has 1 N–H and O–H groups in total. The molecule has 1 unspecified atom stereocenters. The summed E-state index contributed by atoms with van der Waals surface area (Å²) in [4.78, 5) is 12.3. The molecule has 0 bridgehead atoms. The quantitative estimate of drug-likeness (QED) is 0.603. The molecule has 1 saturated heterocycles. The third-order valence-corrected chi connectivity index (χ3v) is 7.01. The van der Waals surface area contributed by atoms with E-state index in [4.69, 9.17) is 27.9 Å². The second kappa shape index (κ2) is 10.6. The van der Waals surface area contributed by atoms with Gasteiger partial charge in [0, 0.05) is 32.8 Å². The number of hydrogen-bond donors (Lipinski definition) is 1. The normalized spacial score (nSPS) is 18.4. The Morgan fingerprint density at radius 3 is 2.81 bits per heavy atom. The second-order valence-corrected chi connectivity index (χ2v) is 9.33. The average molecular weight is 437 g/mol. The fourth-order valence-electron chi connectivity index (χ4n) is 3.01. The number of nitrogens with zero attached hydrogens (tertiary/aromatic N) is 1. The Kier molecular flexibility index (Phi) is 8.82. The number of halogens is 2. The van der Waals surface area contributed by atoms with Crippen molar-refractivity contribution in [3.63, 3.8) is 0 Å². The van der Waals surface area contributed by atoms with Crippen LogP contribution in [0.25, 0.3) is 0 Å². The number of nitrogens with one attached hydrogen (secondary N) is 1. The van der Waals surface area contributed by atoms with Crippen molar-refractivity contribution >= 4 is 39.1 Å². The molecule has 152 valence electrons. The number of rotatable bonds is 9. The largest absolute Gasteiger partial charge is 0.382 e. The Labute approximate surface area is 171 Å². The Hall–Kier alpha value is -0.860. The van der Waals surface area contributed by atoms with Crippen LogP contribution in [-0.2, 0) is 25.3 Å². The van der Waals surface area contributed by atoms with Gasteiger partial charge in [0.05, 0.1) is 21.7 Å². The van der Waals surface area contributed by atoms with Crippen molar-refractivity contribution in [2.24, 2.45) is 5.92 Å². The zero-order valence-corrected chi connectivity index (χ0v) is 17.7. The number of ether oxygens (including phenoxy) is 1. The minimum atomic E-state index is -3.53. The third kappa shape index (κ3) is 6.91. The van der Waals surface area contributed by atoms with E-state index < -0.39 is 10.0 Å². The Bertz CT molecular complexity index is 743. The number of carbonyl (C=O) groups excluding carboxylic acids is 1. The molecule has 0 aromatic heterocycles. The highest BCUT2D eigenvalue weighted by Gasteiger charge is 2.32. The van der Waals surface area contributed by atoms with Gasteiger partial charge in [0.2, 0.25) is 15.9 Å². The van der Waals surface area contributed by atoms with Crippen LogP contribution >= 0.6 is 23.2 Å². The molecule has 1 fully saturated rings. The molecule has 1 aromatic carbocycles. The summed E-state index contributed by atoms with van der Waals surface area (Å²) in [7, 11) is -3.53. The first-order chi connectivity index (χ1) is 12.8. The van der Waals surface area contributed by atoms with Crippen molar-refractivity contribution in [2.75, 3.05) is 32.8 Å². The monoisotopic (exact) mass is 436 g/mol. The molecule has 6 nitrogen and oxygen atoms in total. The van der Waals surface area contributed by atoms with E-state index in [-0.39, 0.29) is 24.1 Å². The number of amides is 1. The highest BCUT2D eigenvalue weighted by atomic mass is 35.5. The van der Waals surface area contributed by atoms with Crippen molar-refractivity contribution in [2.45, 2.75) is 31.9 Å². The van der Waals surface area contributed by atoms with Gasteiger partial charge in [0.1, 0.15) is 0 Å². The van der Waals surface area contributed by atoms with Crippen LogP contribution in [0.3, 0.4) is 0 Å². The van der Waals surface area contributed by atoms with Crippen molar-refractivity contribution in [3.05, 3.63) is 33.8 Å². The van der Waals surface area contributed by atoms with Crippen molar-refractivity contribution in [3.8, 4) is 0 Å². The van der Waals surface area contributed by atoms with Gasteiger partial charge in [-0.2, -0.15) is 0 Å². The molecule has 0 spiro atoms. The van der Waals surface area contributed by atoms with Crippen molar-refractivity contribution in [1.82, 2.24) is 9.62 Å². The first-order valence-corrected chi connectivity index (χ1v) is 11.5. The second-order valence-electron chi connectivity index (χ2n) is 6.54. The lowest BCUT2D eigenvalue weighted by Crippen LogP contribution is -2.45. The minimum absolute atomic E-state index is 0.0964. The molecule has 0 radical (unpaired) electrons. The minimum Gasteiger partial charge on any atom is -0.382 e. The molecule has 27 heavy (non-hydrogen) atoms. The van der Waals surface area contributed by atoms with Gasteiger partial charge >= 0.3 is 0 Å². The molecule has 1 aromatic rings. The molecule has 1 amide bonds. The molecule has 1 atom stereocenters. The van der Waals surface area contributed by atoms with E-state index in [1.807, 2.05) is 6.92 Å². The van der Waals surface area contributed by atoms with E-state index in [1.54, 1.807) is 18.2 Å². The summed E-state index contributed by atoms with van der Waals surface area (Å²) in [6.07, 6.45) is 2.10. The number of piperidine rings is 1. The lowest BCUT2D eigenvalue weighted by Gasteiger charge is -2.31. The van der Waals surface area contributed by atoms with Gasteiger partial charge in [-0.3, -0.25) is 4.79 Å². The van der Waals surface area contributed by atoms with Crippen molar-refractivity contribution in [1.29, 1.82) is 0 Å². The van der Waals surface area contributed by atoms with Gasteiger partial charge < -0.3 is 10.1 Å². The van der Waals surface area contributed by atoms with Crippen LogP contribution < -0.4 is 5.32 Å². The zero-order valence-electron chi connectivity index (χ0n) is 15.4. The predicted octanol–water partition coefficient (Wildman–Crippen LogP) is 3.08. The van der Waals surface area contributed by atoms with Gasteiger partial charge in [-0.1, -0.05) is 29.3 Å². The van der Waals surface area contributed by atoms with Crippen molar-refractivity contribution < 1.29 is 17.9 Å². The maximum absolute atomic E-state index is 12.8. The van der Waals surface area contributed by atoms with Crippen LogP contribution in [0, 0.1) is 5.92 Å². The van der Waals surface area contributed by atoms with Crippen LogP contribution in [-0.4, -0.2) is 51.5 Å². The fraction of sp³-hybridized carbons (Fsp3) is 0.611. The molecule has 1 aliphatic rings. The van der Waals surface area contributed by atoms with E-state index in [2.05, 4.69) is 5.32 Å². The topological polar surface area (TPSA) is 75.7 Å². The number of sulfonamides is 1. The number of hydrogen-bond acceptors (Lipinski definition) is 4. The summed E-state index contributed by atoms with van der Waals surface area (Å²) in [5.74, 6) is -0.581. The molecule has 1 aliphatic heterocycles. The summed E-state index contributed by atoms with van der Waals surface area (Å²) in [5.41, 5.74) is 0.576. The summed E-state index contributed by atoms with van der Waals surface area (Å²) < 4.78 is 32.2. The number of benzene rings is 1. The lowest BCUT2D eigenvalue weighted by atomic mass is 9.99. The fourth-order valence-corrected chi connectivity index (χ4v) is 4.93. The standard InChI is InChI=1S/C18H26Cl2N2O4S/c1-2-26-10-4-8-21-18(23)15-5-3-9-22(12-15)27(24,25)13-14-6-7-16(19)17(20)11-14/h6-7,11,15H,2-5,8-10,12-13H2,1H3,(H,21,23). The zero-order chi connectivity index (χ0) is 19.9. The molecule has 1 heterocycles. The molecule has 0 aliphatic carbocycles. The van der Waals surface area contributed by atoms with Gasteiger partial charge in [-0.05, 0) is 43.9 Å². The van der Waals surface area contributed by atoms with E-state index >= 15 is 0 Å². The average Bonchev–Trinajstić information content (AvgIpc) is 2.64. The highest BCUT2D eigenvalue weighted by Crippen LogP contribution is 2.26. The van der Waals surface area contributed by atoms with Gasteiger partial charge in [0.15, 0.2) is 0 Å². The summed E-state index contributed by atoms with van der Waals surface area (Å²) in [5, 5.41) is 3.59. The molecule has 2 rings (SSSR count). The maximum Gasteiger partial charge on any atom is 0.224 e. The highest BCUT2D eigenvalue weighted by molar-refractivity contribution is 7.88. The van der Waals surface area contributed by atoms with E-state index in [0.29, 0.717) is 54.8 Å². The van der Waals surface area contributed by atoms with Gasteiger partial charge in [-0.25, -0.2) is 12.7 Å². The Morgan fingerprint density at radius 1 is 1.33 bits per heavy atom. The van der Waals surface area contributed by atoms with E-state index in [0.717, 1.165) is 6.42 Å². The summed E-state index contributed by atoms with van der Waals surface area (Å²) in [6.45, 7) is 4.35. The van der Waals surface area contributed by atoms with Crippen LogP contribution in [0.15, 0.2) is 18.2 Å². The third-order valence-electron chi connectivity index (χ3n) is 4.45. The maximum atomic E-state index is 12.8. The number of carbonyl (C=O) groups is 1. The SMILES string of the molecule is CCOCCCNC(=O)C1CCCN(S(=O)(=O)Cc2ccc(Cl)c(Cl)c2)C1. The summed E-state index contributed by atoms with van der Waals surface area (Å²) >= 11 is 11.9. The summed E-state index contributed by atoms with van der Waals surface area (Å²) in [6, 6.07) is 4.80. The first-order valence-electron chi connectivity index (χ1n) is 9.10. The van der Waals surface area contributed by atoms with Gasteiger partial charge in [-0.15, -0.1) is 0 Å². The Balaban J connectivity index is 1.91. The van der Waals surface area contributed by atoms with Crippen LogP contribution in [0.4, 0.5) is 0 Å². The smallest absolute Gasteiger partial charge is 0.224 e. The Morgan fingerprint density at radius 2 is 2.11 bits per heavy atom. The van der Waals surface area contributed by atoms with E-state index in [9.17, 15) is 13.2 Å². The van der Waals surface area contributed by atoms with Crippen LogP contribution in [0.1, 0.15) is 31.7 Å². The van der Waals surface area contributed by atoms with Gasteiger partial charge in [0.25, 0.3) is 0 Å². The molecular formula is C18H26Cl2N2O4S. The lowest BCUT2D eigenvalue weighted by molar-refractivity contribution is -0.126. The first kappa shape index (κ1) is 22.4. The van der Waals surface area contributed by atoms with Crippen LogP contribution in [0.5, 0.6) is 0 Å². The van der Waals surface area contributed by atoms with Crippen LogP contribution in [0.2, 0.25) is 10.0 Å². The molecular weight excluding hydrogens is 411 g/mol. The molecule has 9 heteroatoms.